The van der Waals surface area contributed by atoms with E-state index in [1.54, 1.807) is 32.2 Å². The molecule has 1 amide bonds. The molecule has 0 aliphatic heterocycles. The molecule has 0 radical (unpaired) electrons. The molecule has 0 bridgehead atoms. The lowest BCUT2D eigenvalue weighted by Gasteiger charge is -2.07. The van der Waals surface area contributed by atoms with Crippen LogP contribution in [0.3, 0.4) is 0 Å². The summed E-state index contributed by atoms with van der Waals surface area (Å²) in [5, 5.41) is 11.1. The Bertz CT molecular complexity index is 1490. The van der Waals surface area contributed by atoms with Gasteiger partial charge in [0.1, 0.15) is 16.0 Å². The second-order valence-corrected chi connectivity index (χ2v) is 9.53. The van der Waals surface area contributed by atoms with Crippen molar-refractivity contribution in [1.29, 1.82) is 0 Å². The molecule has 1 aliphatic carbocycles. The highest BCUT2D eigenvalue weighted by atomic mass is 32.2. The fourth-order valence-corrected chi connectivity index (χ4v) is 6.13. The number of carbonyl (C=O) groups excluding carboxylic acids is 1. The first kappa shape index (κ1) is 20.0. The van der Waals surface area contributed by atoms with E-state index in [2.05, 4.69) is 20.5 Å². The Kier molecular flexibility index (Phi) is 4.74. The molecule has 0 aromatic carbocycles. The molecule has 0 saturated heterocycles. The van der Waals surface area contributed by atoms with Crippen molar-refractivity contribution in [2.45, 2.75) is 38.3 Å². The molecule has 0 unspecified atom stereocenters. The number of thiophene rings is 1. The van der Waals surface area contributed by atoms with Gasteiger partial charge < -0.3 is 4.42 Å². The van der Waals surface area contributed by atoms with Crippen molar-refractivity contribution in [3.05, 3.63) is 42.6 Å². The number of H-pyrrole nitrogens is 1. The Labute approximate surface area is 183 Å². The van der Waals surface area contributed by atoms with Crippen LogP contribution in [0, 0.1) is 13.8 Å². The zero-order chi connectivity index (χ0) is 21.9. The van der Waals surface area contributed by atoms with E-state index in [-0.39, 0.29) is 28.5 Å². The lowest BCUT2D eigenvalue weighted by Crippen LogP contribution is -2.21. The van der Waals surface area contributed by atoms with Crippen molar-refractivity contribution in [1.82, 2.24) is 19.7 Å². The number of hydrogen-bond acceptors (Lipinski definition) is 8. The third kappa shape index (κ3) is 3.19. The van der Waals surface area contributed by atoms with Gasteiger partial charge in [0.05, 0.1) is 22.2 Å². The zero-order valence-corrected chi connectivity index (χ0v) is 18.8. The molecule has 160 valence electrons. The standard InChI is InChI=1S/C20H19N5O4S2/c1-8-13-9(2)29-17(15(13)16(27)24-23-8)21-12(26)7-30-20-22-18-14(19(28)25(20)3)10-5-4-6-11(10)31-18/h4-7H2,1-3H3,(H,21,26)(H,24,27). The van der Waals surface area contributed by atoms with E-state index in [0.29, 0.717) is 22.0 Å². The molecule has 4 aromatic heterocycles. The third-order valence-electron chi connectivity index (χ3n) is 5.49. The summed E-state index contributed by atoms with van der Waals surface area (Å²) in [6, 6.07) is 0. The van der Waals surface area contributed by atoms with Gasteiger partial charge in [-0.25, -0.2) is 10.1 Å². The van der Waals surface area contributed by atoms with Crippen molar-refractivity contribution in [3.8, 4) is 0 Å². The van der Waals surface area contributed by atoms with E-state index in [4.69, 9.17) is 4.42 Å². The molecule has 0 atom stereocenters. The normalized spacial score (nSPS) is 13.3. The monoisotopic (exact) mass is 457 g/mol. The molecule has 4 aromatic rings. The van der Waals surface area contributed by atoms with Gasteiger partial charge in [-0.3, -0.25) is 24.3 Å². The smallest absolute Gasteiger partial charge is 0.277 e. The minimum absolute atomic E-state index is 0.0140. The van der Waals surface area contributed by atoms with E-state index >= 15 is 0 Å². The number of rotatable bonds is 4. The summed E-state index contributed by atoms with van der Waals surface area (Å²) in [6.07, 6.45) is 3.00. The number of fused-ring (bicyclic) bond motifs is 4. The number of anilines is 1. The van der Waals surface area contributed by atoms with E-state index in [0.717, 1.165) is 35.0 Å². The minimum Gasteiger partial charge on any atom is -0.444 e. The molecule has 5 rings (SSSR count). The fraction of sp³-hybridized carbons (Fsp3) is 0.350. The highest BCUT2D eigenvalue weighted by Gasteiger charge is 2.23. The van der Waals surface area contributed by atoms with Crippen LogP contribution in [0.15, 0.2) is 19.2 Å². The number of amides is 1. The van der Waals surface area contributed by atoms with Crippen LogP contribution >= 0.6 is 23.1 Å². The topological polar surface area (TPSA) is 123 Å². The number of aryl methyl sites for hydroxylation is 4. The van der Waals surface area contributed by atoms with Crippen LogP contribution in [0.5, 0.6) is 0 Å². The molecule has 4 heterocycles. The van der Waals surface area contributed by atoms with Crippen LogP contribution in [0.25, 0.3) is 21.0 Å². The molecule has 0 spiro atoms. The summed E-state index contributed by atoms with van der Waals surface area (Å²) in [4.78, 5) is 44.3. The number of carbonyl (C=O) groups is 1. The Morgan fingerprint density at radius 2 is 2.06 bits per heavy atom. The van der Waals surface area contributed by atoms with Crippen LogP contribution in [0.2, 0.25) is 0 Å². The second kappa shape index (κ2) is 7.34. The van der Waals surface area contributed by atoms with E-state index < -0.39 is 5.56 Å². The summed E-state index contributed by atoms with van der Waals surface area (Å²) in [5.74, 6) is 0.253. The van der Waals surface area contributed by atoms with Crippen LogP contribution in [0.1, 0.15) is 28.3 Å². The SMILES string of the molecule is Cc1n[nH]c(=O)c2c(NC(=O)CSc3nc4sc5c(c4c(=O)n3C)CCC5)oc(C)c12. The Morgan fingerprint density at radius 1 is 1.26 bits per heavy atom. The first-order chi connectivity index (χ1) is 14.8. The van der Waals surface area contributed by atoms with E-state index in [1.165, 1.54) is 21.2 Å². The van der Waals surface area contributed by atoms with Crippen molar-refractivity contribution in [3.63, 3.8) is 0 Å². The number of aromatic nitrogens is 4. The van der Waals surface area contributed by atoms with Gasteiger partial charge in [-0.1, -0.05) is 11.8 Å². The van der Waals surface area contributed by atoms with Crippen molar-refractivity contribution in [2.24, 2.45) is 7.05 Å². The van der Waals surface area contributed by atoms with Crippen LogP contribution in [-0.4, -0.2) is 31.4 Å². The lowest BCUT2D eigenvalue weighted by atomic mass is 10.2. The van der Waals surface area contributed by atoms with Gasteiger partial charge in [-0.15, -0.1) is 11.3 Å². The van der Waals surface area contributed by atoms with Gasteiger partial charge in [0.2, 0.25) is 11.8 Å². The number of hydrogen-bond donors (Lipinski definition) is 2. The molecule has 9 nitrogen and oxygen atoms in total. The Morgan fingerprint density at radius 3 is 2.87 bits per heavy atom. The minimum atomic E-state index is -0.430. The first-order valence-electron chi connectivity index (χ1n) is 9.77. The Balaban J connectivity index is 1.39. The molecule has 0 saturated carbocycles. The highest BCUT2D eigenvalue weighted by Crippen LogP contribution is 2.35. The summed E-state index contributed by atoms with van der Waals surface area (Å²) in [7, 11) is 1.67. The van der Waals surface area contributed by atoms with Gasteiger partial charge in [0.15, 0.2) is 5.16 Å². The summed E-state index contributed by atoms with van der Waals surface area (Å²) in [6.45, 7) is 3.47. The average Bonchev–Trinajstić information content (AvgIpc) is 3.40. The van der Waals surface area contributed by atoms with Gasteiger partial charge >= 0.3 is 0 Å². The molecule has 2 N–H and O–H groups in total. The Hall–Kier alpha value is -2.92. The second-order valence-electron chi connectivity index (χ2n) is 7.51. The van der Waals surface area contributed by atoms with Crippen LogP contribution < -0.4 is 16.4 Å². The maximum Gasteiger partial charge on any atom is 0.277 e. The average molecular weight is 458 g/mol. The summed E-state index contributed by atoms with van der Waals surface area (Å²) in [5.41, 5.74) is 1.24. The summed E-state index contributed by atoms with van der Waals surface area (Å²) < 4.78 is 7.11. The third-order valence-corrected chi connectivity index (χ3v) is 7.70. The lowest BCUT2D eigenvalue weighted by molar-refractivity contribution is -0.113. The number of nitrogens with zero attached hydrogens (tertiary/aromatic N) is 3. The van der Waals surface area contributed by atoms with Gasteiger partial charge in [0.25, 0.3) is 11.1 Å². The fourth-order valence-electron chi connectivity index (χ4n) is 4.06. The predicted molar refractivity (Wildman–Crippen MR) is 120 cm³/mol. The summed E-state index contributed by atoms with van der Waals surface area (Å²) >= 11 is 2.74. The van der Waals surface area contributed by atoms with Crippen molar-refractivity contribution >= 4 is 55.9 Å². The number of furan rings is 1. The number of nitrogens with one attached hydrogen (secondary N) is 2. The molecule has 31 heavy (non-hydrogen) atoms. The quantitative estimate of drug-likeness (QED) is 0.357. The van der Waals surface area contributed by atoms with Gasteiger partial charge in [0, 0.05) is 11.9 Å². The maximum absolute atomic E-state index is 12.9. The zero-order valence-electron chi connectivity index (χ0n) is 17.1. The predicted octanol–water partition coefficient (Wildman–Crippen LogP) is 2.66. The van der Waals surface area contributed by atoms with Gasteiger partial charge in [-0.2, -0.15) is 5.10 Å². The molecule has 0 fully saturated rings. The first-order valence-corrected chi connectivity index (χ1v) is 11.6. The van der Waals surface area contributed by atoms with Crippen molar-refractivity contribution < 1.29 is 9.21 Å². The van der Waals surface area contributed by atoms with E-state index in [1.807, 2.05) is 0 Å². The van der Waals surface area contributed by atoms with Gasteiger partial charge in [-0.05, 0) is 38.7 Å². The maximum atomic E-state index is 12.9. The largest absolute Gasteiger partial charge is 0.444 e. The van der Waals surface area contributed by atoms with Crippen molar-refractivity contribution in [2.75, 3.05) is 11.1 Å². The molecular formula is C20H19N5O4S2. The molecule has 11 heteroatoms. The molecule has 1 aliphatic rings. The van der Waals surface area contributed by atoms with E-state index in [9.17, 15) is 14.4 Å². The van der Waals surface area contributed by atoms with Crippen LogP contribution in [0.4, 0.5) is 5.88 Å². The molecular weight excluding hydrogens is 438 g/mol. The number of aromatic amines is 1. The van der Waals surface area contributed by atoms with Crippen LogP contribution in [-0.2, 0) is 24.7 Å². The number of thioether (sulfide) groups is 1. The highest BCUT2D eigenvalue weighted by molar-refractivity contribution is 7.99.